The number of unbranched alkanes of at least 4 members (excludes halogenated alkanes) is 9. The van der Waals surface area contributed by atoms with Crippen LogP contribution in [0.4, 0.5) is 0 Å². The maximum Gasteiger partial charge on any atom is 0.502 e. The van der Waals surface area contributed by atoms with Gasteiger partial charge in [0.2, 0.25) is 0 Å². The molecule has 0 unspecified atom stereocenters. The van der Waals surface area contributed by atoms with Gasteiger partial charge >= 0.3 is 14.8 Å². The highest BCUT2D eigenvalue weighted by atomic mass is 28.4. The van der Waals surface area contributed by atoms with E-state index in [2.05, 4.69) is 6.92 Å². The summed E-state index contributed by atoms with van der Waals surface area (Å²) in [4.78, 5) is 11.3. The first-order valence-corrected chi connectivity index (χ1v) is 11.6. The van der Waals surface area contributed by atoms with Crippen LogP contribution in [0.15, 0.2) is 12.2 Å². The summed E-state index contributed by atoms with van der Waals surface area (Å²) >= 11 is 0. The lowest BCUT2D eigenvalue weighted by Gasteiger charge is -2.26. The highest BCUT2D eigenvalue weighted by molar-refractivity contribution is 6.60. The molecule has 0 aliphatic heterocycles. The number of hydrogen-bond donors (Lipinski definition) is 0. The van der Waals surface area contributed by atoms with Crippen molar-refractivity contribution in [3.8, 4) is 0 Å². The average Bonchev–Trinajstić information content (AvgIpc) is 2.62. The molecule has 0 aliphatic carbocycles. The quantitative estimate of drug-likeness (QED) is 0.115. The van der Waals surface area contributed by atoms with E-state index in [1.54, 1.807) is 27.2 Å². The normalized spacial score (nSPS) is 12.0. The molecule has 0 radical (unpaired) electrons. The van der Waals surface area contributed by atoms with Crippen LogP contribution >= 0.6 is 0 Å². The van der Waals surface area contributed by atoms with Crippen molar-refractivity contribution < 1.29 is 22.8 Å². The first kappa shape index (κ1) is 24.3. The topological polar surface area (TPSA) is 54.0 Å². The largest absolute Gasteiger partial charge is 0.502 e. The Kier molecular flexibility index (Phi) is 16.3. The third-order valence-electron chi connectivity index (χ3n) is 4.24. The van der Waals surface area contributed by atoms with Crippen LogP contribution in [0.1, 0.15) is 78.1 Å². The van der Waals surface area contributed by atoms with Gasteiger partial charge in [-0.15, -0.1) is 0 Å². The Hall–Kier alpha value is -0.693. The van der Waals surface area contributed by atoms with Gasteiger partial charge in [0, 0.05) is 26.3 Å². The number of carbonyl (C=O) groups excluding carboxylic acids is 1. The lowest BCUT2D eigenvalue weighted by molar-refractivity contribution is -0.146. The van der Waals surface area contributed by atoms with E-state index in [0.717, 1.165) is 18.9 Å². The molecule has 0 N–H and O–H groups in total. The van der Waals surface area contributed by atoms with Crippen LogP contribution < -0.4 is 0 Å². The van der Waals surface area contributed by atoms with Crippen molar-refractivity contribution in [3.05, 3.63) is 12.2 Å². The first-order valence-electron chi connectivity index (χ1n) is 9.67. The van der Waals surface area contributed by atoms with Gasteiger partial charge < -0.3 is 18.0 Å². The summed E-state index contributed by atoms with van der Waals surface area (Å²) in [6.07, 6.45) is 15.8. The van der Waals surface area contributed by atoms with Gasteiger partial charge in [-0.2, -0.15) is 0 Å². The number of rotatable bonds is 17. The van der Waals surface area contributed by atoms with E-state index in [1.165, 1.54) is 57.4 Å². The lowest BCUT2D eigenvalue weighted by Crippen LogP contribution is -2.44. The summed E-state index contributed by atoms with van der Waals surface area (Å²) in [5, 5.41) is 0. The van der Waals surface area contributed by atoms with Crippen molar-refractivity contribution in [1.29, 1.82) is 0 Å². The van der Waals surface area contributed by atoms with Gasteiger partial charge in [0.1, 0.15) is 0 Å². The monoisotopic (exact) mass is 374 g/mol. The van der Waals surface area contributed by atoms with Crippen LogP contribution in [0.3, 0.4) is 0 Å². The second-order valence-corrected chi connectivity index (χ2v) is 9.22. The van der Waals surface area contributed by atoms with Gasteiger partial charge in [0.25, 0.3) is 0 Å². The number of carbonyl (C=O) groups is 1. The predicted octanol–water partition coefficient (Wildman–Crippen LogP) is 5.23. The van der Waals surface area contributed by atoms with E-state index in [1.807, 2.05) is 0 Å². The van der Waals surface area contributed by atoms with Crippen LogP contribution in [0.25, 0.3) is 0 Å². The SMILES string of the molecule is CC=CC(=O)OCO[Si](CCCCCCCCCCCC)(OC)OC. The first-order chi connectivity index (χ1) is 12.1. The number of ether oxygens (including phenoxy) is 1. The van der Waals surface area contributed by atoms with Gasteiger partial charge in [-0.1, -0.05) is 70.8 Å². The average molecular weight is 375 g/mol. The van der Waals surface area contributed by atoms with Gasteiger partial charge in [-0.05, 0) is 13.3 Å². The summed E-state index contributed by atoms with van der Waals surface area (Å²) in [7, 11) is 0.469. The second-order valence-electron chi connectivity index (χ2n) is 6.25. The number of allylic oxidation sites excluding steroid dienone is 1. The fraction of sp³-hybridized carbons (Fsp3) is 0.842. The molecule has 25 heavy (non-hydrogen) atoms. The minimum atomic E-state index is -2.72. The van der Waals surface area contributed by atoms with Gasteiger partial charge in [-0.3, -0.25) is 0 Å². The van der Waals surface area contributed by atoms with E-state index in [-0.39, 0.29) is 6.79 Å². The molecule has 0 aromatic rings. The molecule has 0 aliphatic rings. The fourth-order valence-corrected chi connectivity index (χ4v) is 4.54. The van der Waals surface area contributed by atoms with Crippen LogP contribution in [-0.2, 0) is 22.8 Å². The molecule has 0 saturated heterocycles. The van der Waals surface area contributed by atoms with E-state index in [9.17, 15) is 4.79 Å². The fourth-order valence-electron chi connectivity index (χ4n) is 2.67. The molecule has 148 valence electrons. The van der Waals surface area contributed by atoms with E-state index in [4.69, 9.17) is 18.0 Å². The molecule has 5 nitrogen and oxygen atoms in total. The Morgan fingerprint density at radius 1 is 0.880 bits per heavy atom. The Balaban J connectivity index is 3.82. The molecule has 0 rings (SSSR count). The summed E-state index contributed by atoms with van der Waals surface area (Å²) < 4.78 is 21.6. The highest BCUT2D eigenvalue weighted by Gasteiger charge is 2.38. The second kappa shape index (κ2) is 16.8. The molecule has 0 atom stereocenters. The molecular weight excluding hydrogens is 336 g/mol. The summed E-state index contributed by atoms with van der Waals surface area (Å²) in [6.45, 7) is 3.88. The number of esters is 1. The van der Waals surface area contributed by atoms with E-state index >= 15 is 0 Å². The Bertz CT molecular complexity index is 343. The minimum absolute atomic E-state index is 0.130. The molecule has 0 spiro atoms. The zero-order valence-electron chi connectivity index (χ0n) is 16.7. The van der Waals surface area contributed by atoms with Crippen molar-refractivity contribution in [3.63, 3.8) is 0 Å². The van der Waals surface area contributed by atoms with Crippen LogP contribution in [0, 0.1) is 0 Å². The van der Waals surface area contributed by atoms with Crippen molar-refractivity contribution in [2.75, 3.05) is 21.0 Å². The third kappa shape index (κ3) is 13.2. The van der Waals surface area contributed by atoms with Gasteiger partial charge in [0.05, 0.1) is 0 Å². The summed E-state index contributed by atoms with van der Waals surface area (Å²) in [6, 6.07) is 0.748. The van der Waals surface area contributed by atoms with Gasteiger partial charge in [-0.25, -0.2) is 4.79 Å². The van der Waals surface area contributed by atoms with E-state index in [0.29, 0.717) is 0 Å². The maximum absolute atomic E-state index is 11.3. The smallest absolute Gasteiger partial charge is 0.436 e. The summed E-state index contributed by atoms with van der Waals surface area (Å²) in [5.41, 5.74) is 0. The zero-order valence-corrected chi connectivity index (χ0v) is 17.7. The van der Waals surface area contributed by atoms with Crippen molar-refractivity contribution in [1.82, 2.24) is 0 Å². The van der Waals surface area contributed by atoms with Crippen LogP contribution in [0.5, 0.6) is 0 Å². The molecular formula is C19H38O5Si. The van der Waals surface area contributed by atoms with Crippen LogP contribution in [-0.4, -0.2) is 35.8 Å². The Morgan fingerprint density at radius 3 is 1.88 bits per heavy atom. The Labute approximate surface area is 155 Å². The zero-order chi connectivity index (χ0) is 18.8. The number of hydrogen-bond acceptors (Lipinski definition) is 5. The molecule has 0 fully saturated rings. The molecule has 6 heteroatoms. The molecule has 0 bridgehead atoms. The minimum Gasteiger partial charge on any atom is -0.436 e. The molecule has 0 saturated carbocycles. The predicted molar refractivity (Wildman–Crippen MR) is 103 cm³/mol. The van der Waals surface area contributed by atoms with Crippen LogP contribution in [0.2, 0.25) is 6.04 Å². The molecule has 0 aromatic heterocycles. The highest BCUT2D eigenvalue weighted by Crippen LogP contribution is 2.19. The van der Waals surface area contributed by atoms with Crippen molar-refractivity contribution >= 4 is 14.8 Å². The maximum atomic E-state index is 11.3. The standard InChI is InChI=1S/C19H38O5Si/c1-5-7-8-9-10-11-12-13-14-15-17-25(21-3,22-4)24-18-23-19(20)16-6-2/h6,16H,5,7-15,17-18H2,1-4H3. The molecule has 0 heterocycles. The lowest BCUT2D eigenvalue weighted by atomic mass is 10.1. The van der Waals surface area contributed by atoms with Gasteiger partial charge in [0.15, 0.2) is 6.79 Å². The molecule has 0 amide bonds. The van der Waals surface area contributed by atoms with Crippen molar-refractivity contribution in [2.24, 2.45) is 0 Å². The van der Waals surface area contributed by atoms with Crippen molar-refractivity contribution in [2.45, 2.75) is 84.1 Å². The molecule has 0 aromatic carbocycles. The Morgan fingerprint density at radius 2 is 1.40 bits per heavy atom. The third-order valence-corrected chi connectivity index (χ3v) is 7.01. The summed E-state index contributed by atoms with van der Waals surface area (Å²) in [5.74, 6) is -0.420. The van der Waals surface area contributed by atoms with E-state index < -0.39 is 14.8 Å².